The highest BCUT2D eigenvalue weighted by molar-refractivity contribution is 7.10. The largest absolute Gasteiger partial charge is 0.367 e. The van der Waals surface area contributed by atoms with Crippen molar-refractivity contribution in [2.24, 2.45) is 5.73 Å². The summed E-state index contributed by atoms with van der Waals surface area (Å²) in [5.74, 6) is 0. The van der Waals surface area contributed by atoms with Crippen LogP contribution in [-0.2, 0) is 5.54 Å². The molecule has 3 N–H and O–H groups in total. The van der Waals surface area contributed by atoms with Gasteiger partial charge in [-0.05, 0) is 19.9 Å². The number of H-pyrrole nitrogens is 1. The quantitative estimate of drug-likeness (QED) is 0.794. The molecular formula is C10H13N3S. The lowest BCUT2D eigenvalue weighted by atomic mass is 10.1. The summed E-state index contributed by atoms with van der Waals surface area (Å²) in [6, 6.07) is 2.00. The van der Waals surface area contributed by atoms with Gasteiger partial charge in [-0.15, -0.1) is 11.3 Å². The molecule has 0 amide bonds. The highest BCUT2D eigenvalue weighted by atomic mass is 32.1. The molecule has 0 aliphatic carbocycles. The first-order chi connectivity index (χ1) is 6.57. The van der Waals surface area contributed by atoms with Crippen molar-refractivity contribution >= 4 is 11.3 Å². The van der Waals surface area contributed by atoms with Crippen molar-refractivity contribution in [2.45, 2.75) is 19.4 Å². The summed E-state index contributed by atoms with van der Waals surface area (Å²) in [5.41, 5.74) is 7.71. The summed E-state index contributed by atoms with van der Waals surface area (Å²) in [4.78, 5) is 7.51. The monoisotopic (exact) mass is 207 g/mol. The van der Waals surface area contributed by atoms with Gasteiger partial charge in [0, 0.05) is 23.3 Å². The molecule has 74 valence electrons. The van der Waals surface area contributed by atoms with Gasteiger partial charge < -0.3 is 10.7 Å². The lowest BCUT2D eigenvalue weighted by Crippen LogP contribution is -2.28. The third-order valence-corrected chi connectivity index (χ3v) is 3.13. The molecule has 0 aromatic carbocycles. The van der Waals surface area contributed by atoms with Crippen molar-refractivity contribution in [3.63, 3.8) is 0 Å². The first kappa shape index (κ1) is 9.43. The average molecular weight is 207 g/mol. The number of nitrogens with one attached hydrogen (secondary N) is 1. The van der Waals surface area contributed by atoms with Gasteiger partial charge in [0.1, 0.15) is 5.01 Å². The highest BCUT2D eigenvalue weighted by Crippen LogP contribution is 2.26. The van der Waals surface area contributed by atoms with Gasteiger partial charge in [0.25, 0.3) is 0 Å². The molecule has 4 heteroatoms. The van der Waals surface area contributed by atoms with Gasteiger partial charge in [0.05, 0.1) is 11.2 Å². The van der Waals surface area contributed by atoms with Crippen molar-refractivity contribution in [1.29, 1.82) is 0 Å². The van der Waals surface area contributed by atoms with Crippen molar-refractivity contribution in [1.82, 2.24) is 9.97 Å². The minimum Gasteiger partial charge on any atom is -0.367 e. The van der Waals surface area contributed by atoms with E-state index in [0.717, 1.165) is 16.3 Å². The van der Waals surface area contributed by atoms with Crippen LogP contribution in [0.4, 0.5) is 0 Å². The number of aromatic amines is 1. The molecule has 2 heterocycles. The molecule has 0 spiro atoms. The smallest absolute Gasteiger partial charge is 0.113 e. The summed E-state index contributed by atoms with van der Waals surface area (Å²) < 4.78 is 0. The minimum absolute atomic E-state index is 0.348. The van der Waals surface area contributed by atoms with E-state index in [9.17, 15) is 0 Å². The van der Waals surface area contributed by atoms with E-state index in [1.165, 1.54) is 0 Å². The summed E-state index contributed by atoms with van der Waals surface area (Å²) in [6.45, 7) is 3.93. The van der Waals surface area contributed by atoms with Gasteiger partial charge in [0.2, 0.25) is 0 Å². The Kier molecular flexibility index (Phi) is 2.17. The maximum atomic E-state index is 5.96. The van der Waals surface area contributed by atoms with E-state index in [1.54, 1.807) is 11.3 Å². The lowest BCUT2D eigenvalue weighted by Gasteiger charge is -2.13. The molecule has 0 aliphatic heterocycles. The molecule has 0 saturated heterocycles. The second-order valence-corrected chi connectivity index (χ2v) is 4.72. The molecule has 0 radical (unpaired) electrons. The fourth-order valence-corrected chi connectivity index (χ4v) is 2.05. The van der Waals surface area contributed by atoms with Crippen molar-refractivity contribution in [3.05, 3.63) is 28.8 Å². The summed E-state index contributed by atoms with van der Waals surface area (Å²) in [6.07, 6.45) is 3.82. The second-order valence-electron chi connectivity index (χ2n) is 3.86. The molecule has 0 unspecified atom stereocenters. The fraction of sp³-hybridized carbons (Fsp3) is 0.300. The maximum absolute atomic E-state index is 5.96. The topological polar surface area (TPSA) is 54.7 Å². The predicted octanol–water partition coefficient (Wildman–Crippen LogP) is 2.33. The van der Waals surface area contributed by atoms with Gasteiger partial charge >= 0.3 is 0 Å². The Bertz CT molecular complexity index is 409. The standard InChI is InChI=1S/C10H13N3S/c1-10(2,11)9-13-8(6-14-9)7-3-4-12-5-7/h3-6,12H,11H2,1-2H3. The predicted molar refractivity (Wildman–Crippen MR) is 59.1 cm³/mol. The van der Waals surface area contributed by atoms with Crippen LogP contribution in [0.1, 0.15) is 18.9 Å². The van der Waals surface area contributed by atoms with Crippen LogP contribution in [0.15, 0.2) is 23.8 Å². The van der Waals surface area contributed by atoms with Gasteiger partial charge in [-0.25, -0.2) is 4.98 Å². The minimum atomic E-state index is -0.348. The van der Waals surface area contributed by atoms with Crippen molar-refractivity contribution in [3.8, 4) is 11.3 Å². The zero-order valence-electron chi connectivity index (χ0n) is 8.24. The van der Waals surface area contributed by atoms with Crippen molar-refractivity contribution in [2.75, 3.05) is 0 Å². The van der Waals surface area contributed by atoms with E-state index in [2.05, 4.69) is 9.97 Å². The number of thiazole rings is 1. The molecule has 2 rings (SSSR count). The number of nitrogens with zero attached hydrogens (tertiary/aromatic N) is 1. The number of nitrogens with two attached hydrogens (primary N) is 1. The molecule has 3 nitrogen and oxygen atoms in total. The van der Waals surface area contributed by atoms with Gasteiger partial charge in [0.15, 0.2) is 0 Å². The first-order valence-electron chi connectivity index (χ1n) is 4.45. The summed E-state index contributed by atoms with van der Waals surface area (Å²) >= 11 is 1.60. The number of hydrogen-bond acceptors (Lipinski definition) is 3. The van der Waals surface area contributed by atoms with E-state index in [4.69, 9.17) is 5.73 Å². The maximum Gasteiger partial charge on any atom is 0.113 e. The lowest BCUT2D eigenvalue weighted by molar-refractivity contribution is 0.551. The zero-order chi connectivity index (χ0) is 10.2. The Morgan fingerprint density at radius 2 is 2.29 bits per heavy atom. The first-order valence-corrected chi connectivity index (χ1v) is 5.33. The van der Waals surface area contributed by atoms with Crippen molar-refractivity contribution < 1.29 is 0 Å². The Hall–Kier alpha value is -1.13. The molecule has 0 bridgehead atoms. The summed E-state index contributed by atoms with van der Waals surface area (Å²) in [5, 5.41) is 3.00. The Balaban J connectivity index is 2.36. The average Bonchev–Trinajstić information content (AvgIpc) is 2.73. The van der Waals surface area contributed by atoms with Crippen LogP contribution in [0.3, 0.4) is 0 Å². The SMILES string of the molecule is CC(C)(N)c1nc(-c2cc[nH]c2)cs1. The fourth-order valence-electron chi connectivity index (χ4n) is 1.19. The zero-order valence-corrected chi connectivity index (χ0v) is 9.06. The van der Waals surface area contributed by atoms with E-state index in [0.29, 0.717) is 0 Å². The van der Waals surface area contributed by atoms with Crippen LogP contribution < -0.4 is 5.73 Å². The Morgan fingerprint density at radius 1 is 1.50 bits per heavy atom. The van der Waals surface area contributed by atoms with Gasteiger partial charge in [-0.1, -0.05) is 0 Å². The number of hydrogen-bond donors (Lipinski definition) is 2. The number of aromatic nitrogens is 2. The van der Waals surface area contributed by atoms with E-state index in [-0.39, 0.29) is 5.54 Å². The summed E-state index contributed by atoms with van der Waals surface area (Å²) in [7, 11) is 0. The molecule has 0 fully saturated rings. The van der Waals surface area contributed by atoms with Gasteiger partial charge in [-0.3, -0.25) is 0 Å². The third-order valence-electron chi connectivity index (χ3n) is 1.95. The van der Waals surface area contributed by atoms with E-state index >= 15 is 0 Å². The molecule has 0 saturated carbocycles. The molecule has 0 atom stereocenters. The van der Waals surface area contributed by atoms with Crippen LogP contribution in [0, 0.1) is 0 Å². The van der Waals surface area contributed by atoms with Crippen LogP contribution in [-0.4, -0.2) is 9.97 Å². The van der Waals surface area contributed by atoms with Crippen LogP contribution in [0.5, 0.6) is 0 Å². The molecule has 14 heavy (non-hydrogen) atoms. The van der Waals surface area contributed by atoms with E-state index in [1.807, 2.05) is 37.7 Å². The van der Waals surface area contributed by atoms with Crippen LogP contribution >= 0.6 is 11.3 Å². The normalized spacial score (nSPS) is 11.9. The van der Waals surface area contributed by atoms with E-state index < -0.39 is 0 Å². The third kappa shape index (κ3) is 1.71. The molecule has 0 aliphatic rings. The Labute approximate surface area is 87.0 Å². The van der Waals surface area contributed by atoms with Gasteiger partial charge in [-0.2, -0.15) is 0 Å². The van der Waals surface area contributed by atoms with Crippen LogP contribution in [0.25, 0.3) is 11.3 Å². The van der Waals surface area contributed by atoms with Crippen LogP contribution in [0.2, 0.25) is 0 Å². The molecular weight excluding hydrogens is 194 g/mol. The highest BCUT2D eigenvalue weighted by Gasteiger charge is 2.18. The Morgan fingerprint density at radius 3 is 2.79 bits per heavy atom. The molecule has 2 aromatic heterocycles. The second kappa shape index (κ2) is 3.22. The molecule has 2 aromatic rings. The number of rotatable bonds is 2.